The minimum atomic E-state index is -0.625. The van der Waals surface area contributed by atoms with E-state index < -0.39 is 11.7 Å². The first kappa shape index (κ1) is 7.98. The van der Waals surface area contributed by atoms with Gasteiger partial charge in [0, 0.05) is 0 Å². The van der Waals surface area contributed by atoms with Gasteiger partial charge in [-0.2, -0.15) is 0 Å². The summed E-state index contributed by atoms with van der Waals surface area (Å²) in [7, 11) is 4.85. The minimum Gasteiger partial charge on any atom is -0.440 e. The van der Waals surface area contributed by atoms with Crippen LogP contribution in [0.2, 0.25) is 0 Å². The van der Waals surface area contributed by atoms with Crippen LogP contribution in [0.15, 0.2) is 0 Å². The van der Waals surface area contributed by atoms with E-state index in [0.717, 1.165) is 0 Å². The van der Waals surface area contributed by atoms with Gasteiger partial charge in [-0.25, -0.2) is 0 Å². The lowest BCUT2D eigenvalue weighted by Gasteiger charge is -2.26. The van der Waals surface area contributed by atoms with Gasteiger partial charge in [-0.3, -0.25) is 0 Å². The summed E-state index contributed by atoms with van der Waals surface area (Å²) in [4.78, 5) is 0. The zero-order valence-corrected chi connectivity index (χ0v) is 5.51. The van der Waals surface area contributed by atoms with Crippen LogP contribution >= 0.6 is 0 Å². The van der Waals surface area contributed by atoms with Crippen LogP contribution in [-0.2, 0) is 4.65 Å². The van der Waals surface area contributed by atoms with Crippen molar-refractivity contribution in [3.05, 3.63) is 0 Å². The molecule has 0 heterocycles. The Morgan fingerprint density at radius 3 is 2.00 bits per heavy atom. The molecule has 0 bridgehead atoms. The Hall–Kier alpha value is -0.0151. The van der Waals surface area contributed by atoms with Crippen molar-refractivity contribution in [2.75, 3.05) is 0 Å². The lowest BCUT2D eigenvalue weighted by Crippen LogP contribution is -2.35. The fourth-order valence-corrected chi connectivity index (χ4v) is 0.0985. The van der Waals surface area contributed by atoms with Crippen molar-refractivity contribution < 1.29 is 9.76 Å². The minimum absolute atomic E-state index is 0.535. The standard InChI is InChI=1S/C5H11BO2/c1-4(7)5(2,3)8-6/h4,7H,1-3H3. The SMILES string of the molecule is [B]OC(C)(C)C(C)O. The average Bonchev–Trinajstić information content (AvgIpc) is 1.67. The van der Waals surface area contributed by atoms with Crippen LogP contribution in [-0.4, -0.2) is 24.9 Å². The molecule has 2 radical (unpaired) electrons. The molecule has 0 aliphatic heterocycles. The van der Waals surface area contributed by atoms with Crippen molar-refractivity contribution in [3.8, 4) is 0 Å². The van der Waals surface area contributed by atoms with E-state index in [1.54, 1.807) is 20.8 Å². The molecule has 0 aliphatic rings. The molecule has 0 fully saturated rings. The van der Waals surface area contributed by atoms with Crippen molar-refractivity contribution >= 4 is 8.05 Å². The van der Waals surface area contributed by atoms with Gasteiger partial charge in [0.05, 0.1) is 11.7 Å². The third kappa shape index (κ3) is 1.84. The summed E-state index contributed by atoms with van der Waals surface area (Å²) in [6.07, 6.45) is -0.535. The molecule has 0 aromatic carbocycles. The van der Waals surface area contributed by atoms with Crippen LogP contribution in [0.5, 0.6) is 0 Å². The molecule has 1 atom stereocenters. The Morgan fingerprint density at radius 1 is 1.62 bits per heavy atom. The van der Waals surface area contributed by atoms with E-state index in [9.17, 15) is 0 Å². The van der Waals surface area contributed by atoms with E-state index in [2.05, 4.69) is 4.65 Å². The van der Waals surface area contributed by atoms with E-state index in [1.165, 1.54) is 0 Å². The Balaban J connectivity index is 3.71. The third-order valence-electron chi connectivity index (χ3n) is 1.31. The lowest BCUT2D eigenvalue weighted by molar-refractivity contribution is -0.0123. The monoisotopic (exact) mass is 114 g/mol. The van der Waals surface area contributed by atoms with E-state index >= 15 is 0 Å². The molecule has 8 heavy (non-hydrogen) atoms. The fraction of sp³-hybridized carbons (Fsp3) is 1.00. The van der Waals surface area contributed by atoms with Crippen molar-refractivity contribution in [2.24, 2.45) is 0 Å². The van der Waals surface area contributed by atoms with E-state index in [4.69, 9.17) is 13.2 Å². The zero-order valence-electron chi connectivity index (χ0n) is 5.51. The van der Waals surface area contributed by atoms with Gasteiger partial charge >= 0.3 is 0 Å². The van der Waals surface area contributed by atoms with Crippen LogP contribution in [0.1, 0.15) is 20.8 Å². The number of aliphatic hydroxyl groups excluding tert-OH is 1. The molecular formula is C5H11BO2. The third-order valence-corrected chi connectivity index (χ3v) is 1.31. The van der Waals surface area contributed by atoms with Gasteiger partial charge in [-0.05, 0) is 20.8 Å². The molecule has 3 heteroatoms. The van der Waals surface area contributed by atoms with Crippen molar-refractivity contribution in [1.29, 1.82) is 0 Å². The molecular weight excluding hydrogens is 103 g/mol. The maximum atomic E-state index is 8.88. The van der Waals surface area contributed by atoms with Gasteiger partial charge < -0.3 is 9.76 Å². The number of rotatable bonds is 2. The van der Waals surface area contributed by atoms with Crippen molar-refractivity contribution in [3.63, 3.8) is 0 Å². The first-order valence-corrected chi connectivity index (χ1v) is 2.56. The second-order valence-corrected chi connectivity index (χ2v) is 2.40. The molecule has 0 saturated heterocycles. The maximum Gasteiger partial charge on any atom is 0.283 e. The van der Waals surface area contributed by atoms with Gasteiger partial charge in [0.25, 0.3) is 8.05 Å². The van der Waals surface area contributed by atoms with E-state index in [0.29, 0.717) is 0 Å². The summed E-state index contributed by atoms with van der Waals surface area (Å²) < 4.78 is 4.45. The Labute approximate surface area is 51.3 Å². The second kappa shape index (κ2) is 2.51. The highest BCUT2D eigenvalue weighted by Gasteiger charge is 2.21. The summed E-state index contributed by atoms with van der Waals surface area (Å²) in [5.41, 5.74) is -0.625. The predicted octanol–water partition coefficient (Wildman–Crippen LogP) is 0.246. The van der Waals surface area contributed by atoms with Crippen molar-refractivity contribution in [1.82, 2.24) is 0 Å². The van der Waals surface area contributed by atoms with Crippen LogP contribution < -0.4 is 0 Å². The quantitative estimate of drug-likeness (QED) is 0.521. The number of hydrogen-bond donors (Lipinski definition) is 1. The molecule has 0 amide bonds. The highest BCUT2D eigenvalue weighted by Crippen LogP contribution is 2.11. The van der Waals surface area contributed by atoms with Crippen LogP contribution in [0, 0.1) is 0 Å². The summed E-state index contributed by atoms with van der Waals surface area (Å²) in [6.45, 7) is 5.07. The fourth-order valence-electron chi connectivity index (χ4n) is 0.0985. The molecule has 0 aromatic rings. The van der Waals surface area contributed by atoms with E-state index in [-0.39, 0.29) is 0 Å². The molecule has 46 valence electrons. The largest absolute Gasteiger partial charge is 0.440 e. The summed E-state index contributed by atoms with van der Waals surface area (Å²) in [5, 5.41) is 8.88. The number of aliphatic hydroxyl groups is 1. The lowest BCUT2D eigenvalue weighted by atomic mass is 10.0. The normalized spacial score (nSPS) is 16.0. The second-order valence-electron chi connectivity index (χ2n) is 2.40. The predicted molar refractivity (Wildman–Crippen MR) is 32.6 cm³/mol. The molecule has 0 aromatic heterocycles. The average molecular weight is 114 g/mol. The molecule has 0 spiro atoms. The van der Waals surface area contributed by atoms with Crippen LogP contribution in [0.4, 0.5) is 0 Å². The Kier molecular flexibility index (Phi) is 2.50. The highest BCUT2D eigenvalue weighted by atomic mass is 16.5. The van der Waals surface area contributed by atoms with Gasteiger partial charge in [0.15, 0.2) is 0 Å². The highest BCUT2D eigenvalue weighted by molar-refractivity contribution is 5.98. The molecule has 0 aliphatic carbocycles. The molecule has 0 saturated carbocycles. The van der Waals surface area contributed by atoms with Gasteiger partial charge in [0.2, 0.25) is 0 Å². The molecule has 0 rings (SSSR count). The smallest absolute Gasteiger partial charge is 0.283 e. The molecule has 1 unspecified atom stereocenters. The van der Waals surface area contributed by atoms with Crippen LogP contribution in [0.25, 0.3) is 0 Å². The molecule has 1 N–H and O–H groups in total. The van der Waals surface area contributed by atoms with Crippen LogP contribution in [0.3, 0.4) is 0 Å². The summed E-state index contributed by atoms with van der Waals surface area (Å²) in [6, 6.07) is 0. The topological polar surface area (TPSA) is 29.5 Å². The van der Waals surface area contributed by atoms with Gasteiger partial charge in [0.1, 0.15) is 0 Å². The first-order valence-electron chi connectivity index (χ1n) is 2.56. The number of hydrogen-bond acceptors (Lipinski definition) is 2. The Morgan fingerprint density at radius 2 is 2.00 bits per heavy atom. The van der Waals surface area contributed by atoms with E-state index in [1.807, 2.05) is 0 Å². The maximum absolute atomic E-state index is 8.88. The van der Waals surface area contributed by atoms with Gasteiger partial charge in [-0.15, -0.1) is 0 Å². The van der Waals surface area contributed by atoms with Crippen molar-refractivity contribution in [2.45, 2.75) is 32.5 Å². The first-order chi connectivity index (χ1) is 3.50. The Bertz CT molecular complexity index is 70.8. The summed E-state index contributed by atoms with van der Waals surface area (Å²) >= 11 is 0. The zero-order chi connectivity index (χ0) is 6.78. The summed E-state index contributed by atoms with van der Waals surface area (Å²) in [5.74, 6) is 0. The molecule has 2 nitrogen and oxygen atoms in total. The van der Waals surface area contributed by atoms with Gasteiger partial charge in [-0.1, -0.05) is 0 Å².